The van der Waals surface area contributed by atoms with Gasteiger partial charge in [0.2, 0.25) is 0 Å². The van der Waals surface area contributed by atoms with Crippen molar-refractivity contribution in [1.29, 1.82) is 0 Å². The van der Waals surface area contributed by atoms with Crippen LogP contribution in [-0.2, 0) is 0 Å². The molecule has 0 bridgehead atoms. The first-order valence-corrected chi connectivity index (χ1v) is 5.84. The molecular weight excluding hydrogens is 198 g/mol. The molecular formula is C11H20F2N2. The van der Waals surface area contributed by atoms with Gasteiger partial charge in [-0.1, -0.05) is 0 Å². The number of nitrogens with zero attached hydrogens (tertiary/aromatic N) is 2. The maximum Gasteiger partial charge on any atom is 0.250 e. The number of hydrogen-bond acceptors (Lipinski definition) is 2. The molecule has 88 valence electrons. The van der Waals surface area contributed by atoms with Gasteiger partial charge in [0.15, 0.2) is 0 Å². The molecule has 2 saturated heterocycles. The Morgan fingerprint density at radius 1 is 1.20 bits per heavy atom. The number of alkyl halides is 2. The summed E-state index contributed by atoms with van der Waals surface area (Å²) < 4.78 is 26.5. The summed E-state index contributed by atoms with van der Waals surface area (Å²) >= 11 is 0. The van der Waals surface area contributed by atoms with Crippen LogP contribution in [0.2, 0.25) is 0 Å². The van der Waals surface area contributed by atoms with Gasteiger partial charge in [-0.3, -0.25) is 9.80 Å². The van der Waals surface area contributed by atoms with E-state index in [0.717, 1.165) is 19.6 Å². The summed E-state index contributed by atoms with van der Waals surface area (Å²) in [6, 6.07) is 0.549. The van der Waals surface area contributed by atoms with Gasteiger partial charge < -0.3 is 0 Å². The van der Waals surface area contributed by atoms with E-state index in [-0.39, 0.29) is 18.9 Å². The Kier molecular flexibility index (Phi) is 2.99. The minimum Gasteiger partial charge on any atom is -0.298 e. The molecule has 0 unspecified atom stereocenters. The lowest BCUT2D eigenvalue weighted by molar-refractivity contribution is -0.0977. The summed E-state index contributed by atoms with van der Waals surface area (Å²) in [4.78, 5) is 4.54. The van der Waals surface area contributed by atoms with Crippen molar-refractivity contribution in [2.45, 2.75) is 44.7 Å². The van der Waals surface area contributed by atoms with Crippen molar-refractivity contribution in [3.05, 3.63) is 0 Å². The summed E-state index contributed by atoms with van der Waals surface area (Å²) in [6.45, 7) is 7.64. The van der Waals surface area contributed by atoms with E-state index in [1.807, 2.05) is 0 Å². The van der Waals surface area contributed by atoms with Gasteiger partial charge in [-0.2, -0.15) is 0 Å². The van der Waals surface area contributed by atoms with Gasteiger partial charge in [-0.15, -0.1) is 0 Å². The molecule has 2 fully saturated rings. The van der Waals surface area contributed by atoms with E-state index in [1.54, 1.807) is 0 Å². The van der Waals surface area contributed by atoms with Crippen LogP contribution in [0.4, 0.5) is 8.78 Å². The Morgan fingerprint density at radius 3 is 2.60 bits per heavy atom. The molecule has 0 amide bonds. The zero-order chi connectivity index (χ0) is 11.1. The Morgan fingerprint density at radius 2 is 1.93 bits per heavy atom. The second kappa shape index (κ2) is 3.98. The third kappa shape index (κ3) is 2.48. The Labute approximate surface area is 90.2 Å². The fourth-order valence-electron chi connectivity index (χ4n) is 2.63. The van der Waals surface area contributed by atoms with Gasteiger partial charge in [-0.25, -0.2) is 8.78 Å². The van der Waals surface area contributed by atoms with E-state index in [0.29, 0.717) is 12.6 Å². The Hall–Kier alpha value is -0.220. The van der Waals surface area contributed by atoms with Crippen molar-refractivity contribution < 1.29 is 8.78 Å². The van der Waals surface area contributed by atoms with E-state index in [2.05, 4.69) is 23.6 Å². The number of piperazine rings is 1. The number of piperidine rings is 1. The van der Waals surface area contributed by atoms with Crippen LogP contribution in [-0.4, -0.2) is 54.0 Å². The van der Waals surface area contributed by atoms with Crippen LogP contribution in [0.25, 0.3) is 0 Å². The molecule has 2 aliphatic heterocycles. The largest absolute Gasteiger partial charge is 0.298 e. The summed E-state index contributed by atoms with van der Waals surface area (Å²) in [5.41, 5.74) is 0. The minimum atomic E-state index is -2.43. The number of hydrogen-bond donors (Lipinski definition) is 0. The molecule has 1 atom stereocenters. The SMILES string of the molecule is CC(C)N1CCN2CCC(F)(F)C[C@H]2C1. The maximum absolute atomic E-state index is 13.3. The molecule has 0 aromatic heterocycles. The van der Waals surface area contributed by atoms with Crippen LogP contribution in [0, 0.1) is 0 Å². The highest BCUT2D eigenvalue weighted by Gasteiger charge is 2.42. The molecule has 0 aromatic carbocycles. The third-order valence-corrected chi connectivity index (χ3v) is 3.67. The van der Waals surface area contributed by atoms with Crippen molar-refractivity contribution in [1.82, 2.24) is 9.80 Å². The number of rotatable bonds is 1. The molecule has 0 aliphatic carbocycles. The average Bonchev–Trinajstić information content (AvgIpc) is 2.15. The van der Waals surface area contributed by atoms with Crippen LogP contribution in [0.15, 0.2) is 0 Å². The monoisotopic (exact) mass is 218 g/mol. The van der Waals surface area contributed by atoms with Gasteiger partial charge >= 0.3 is 0 Å². The van der Waals surface area contributed by atoms with Crippen LogP contribution in [0.1, 0.15) is 26.7 Å². The first-order chi connectivity index (χ1) is 6.98. The normalized spacial score (nSPS) is 33.0. The highest BCUT2D eigenvalue weighted by atomic mass is 19.3. The van der Waals surface area contributed by atoms with Crippen LogP contribution < -0.4 is 0 Å². The van der Waals surface area contributed by atoms with Gasteiger partial charge in [0.1, 0.15) is 0 Å². The molecule has 0 spiro atoms. The van der Waals surface area contributed by atoms with E-state index in [9.17, 15) is 8.78 Å². The first kappa shape index (κ1) is 11.3. The fraction of sp³-hybridized carbons (Fsp3) is 1.00. The van der Waals surface area contributed by atoms with Gasteiger partial charge in [0.25, 0.3) is 5.92 Å². The molecule has 2 rings (SSSR count). The Bertz CT molecular complexity index is 231. The van der Waals surface area contributed by atoms with Gasteiger partial charge in [-0.05, 0) is 13.8 Å². The summed E-state index contributed by atoms with van der Waals surface area (Å²) in [6.07, 6.45) is 0.0986. The number of fused-ring (bicyclic) bond motifs is 1. The average molecular weight is 218 g/mol. The lowest BCUT2D eigenvalue weighted by atomic mass is 9.96. The highest BCUT2D eigenvalue weighted by Crippen LogP contribution is 2.33. The lowest BCUT2D eigenvalue weighted by Crippen LogP contribution is -2.59. The second-order valence-electron chi connectivity index (χ2n) is 5.09. The smallest absolute Gasteiger partial charge is 0.250 e. The summed E-state index contributed by atoms with van der Waals surface area (Å²) in [5, 5.41) is 0. The molecule has 2 heterocycles. The second-order valence-corrected chi connectivity index (χ2v) is 5.09. The van der Waals surface area contributed by atoms with Crippen LogP contribution >= 0.6 is 0 Å². The molecule has 0 saturated carbocycles. The minimum absolute atomic E-state index is 0.0468. The molecule has 2 aliphatic rings. The van der Waals surface area contributed by atoms with Crippen LogP contribution in [0.5, 0.6) is 0 Å². The van der Waals surface area contributed by atoms with Crippen molar-refractivity contribution in [2.24, 2.45) is 0 Å². The van der Waals surface area contributed by atoms with Crippen molar-refractivity contribution in [3.63, 3.8) is 0 Å². The standard InChI is InChI=1S/C11H20F2N2/c1-9(2)15-6-5-14-4-3-11(12,13)7-10(14)8-15/h9-10H,3-8H2,1-2H3/t10-/m0/s1. The zero-order valence-electron chi connectivity index (χ0n) is 9.55. The van der Waals surface area contributed by atoms with Crippen LogP contribution in [0.3, 0.4) is 0 Å². The lowest BCUT2D eigenvalue weighted by Gasteiger charge is -2.47. The molecule has 2 nitrogen and oxygen atoms in total. The van der Waals surface area contributed by atoms with E-state index in [1.165, 1.54) is 0 Å². The molecule has 4 heteroatoms. The van der Waals surface area contributed by atoms with E-state index in [4.69, 9.17) is 0 Å². The maximum atomic E-state index is 13.3. The van der Waals surface area contributed by atoms with Gasteiger partial charge in [0.05, 0.1) is 0 Å². The topological polar surface area (TPSA) is 6.48 Å². The quantitative estimate of drug-likeness (QED) is 0.662. The highest BCUT2D eigenvalue weighted by molar-refractivity contribution is 4.91. The molecule has 15 heavy (non-hydrogen) atoms. The number of halogens is 2. The first-order valence-electron chi connectivity index (χ1n) is 5.84. The predicted molar refractivity (Wildman–Crippen MR) is 56.3 cm³/mol. The fourth-order valence-corrected chi connectivity index (χ4v) is 2.63. The van der Waals surface area contributed by atoms with Gasteiger partial charge in [0, 0.05) is 51.1 Å². The molecule has 0 radical (unpaired) electrons. The van der Waals surface area contributed by atoms with E-state index >= 15 is 0 Å². The summed E-state index contributed by atoms with van der Waals surface area (Å²) in [5.74, 6) is -2.43. The zero-order valence-corrected chi connectivity index (χ0v) is 9.55. The predicted octanol–water partition coefficient (Wildman–Crippen LogP) is 1.81. The molecule has 0 aromatic rings. The third-order valence-electron chi connectivity index (χ3n) is 3.67. The summed E-state index contributed by atoms with van der Waals surface area (Å²) in [7, 11) is 0. The molecule has 0 N–H and O–H groups in total. The van der Waals surface area contributed by atoms with E-state index < -0.39 is 5.92 Å². The van der Waals surface area contributed by atoms with Crippen molar-refractivity contribution in [3.8, 4) is 0 Å². The van der Waals surface area contributed by atoms with Crippen molar-refractivity contribution in [2.75, 3.05) is 26.2 Å². The van der Waals surface area contributed by atoms with Crippen molar-refractivity contribution >= 4 is 0 Å². The Balaban J connectivity index is 1.98.